The summed E-state index contributed by atoms with van der Waals surface area (Å²) in [6.45, 7) is 2.10. The molecular weight excluding hydrogens is 342 g/mol. The van der Waals surface area contributed by atoms with E-state index in [0.717, 1.165) is 5.56 Å². The van der Waals surface area contributed by atoms with E-state index in [1.165, 1.54) is 12.0 Å². The first-order valence-electron chi connectivity index (χ1n) is 8.03. The van der Waals surface area contributed by atoms with Gasteiger partial charge in [0.2, 0.25) is 0 Å². The van der Waals surface area contributed by atoms with E-state index in [0.29, 0.717) is 17.0 Å². The monoisotopic (exact) mass is 363 g/mol. The first-order valence-corrected chi connectivity index (χ1v) is 8.40. The Morgan fingerprint density at radius 2 is 1.80 bits per heavy atom. The van der Waals surface area contributed by atoms with E-state index in [9.17, 15) is 9.90 Å². The molecule has 0 spiro atoms. The summed E-state index contributed by atoms with van der Waals surface area (Å²) >= 11 is 6.21. The highest BCUT2D eigenvalue weighted by atomic mass is 35.5. The minimum atomic E-state index is -1.05. The number of carboxylic acid groups (broad SMARTS) is 1. The van der Waals surface area contributed by atoms with Crippen molar-refractivity contribution in [2.24, 2.45) is 0 Å². The number of carbonyl (C=O) groups is 1. The smallest absolute Gasteiger partial charge is 0.409 e. The number of hydrogen-bond donors (Lipinski definition) is 1. The van der Waals surface area contributed by atoms with Crippen molar-refractivity contribution in [1.82, 2.24) is 4.90 Å². The fourth-order valence-electron chi connectivity index (χ4n) is 2.53. The van der Waals surface area contributed by atoms with Crippen LogP contribution >= 0.6 is 11.6 Å². The zero-order valence-corrected chi connectivity index (χ0v) is 15.0. The predicted octanol–water partition coefficient (Wildman–Crippen LogP) is 4.92. The summed E-state index contributed by atoms with van der Waals surface area (Å²) in [4.78, 5) is 13.0. The van der Waals surface area contributed by atoms with Crippen LogP contribution < -0.4 is 0 Å². The lowest BCUT2D eigenvalue weighted by Crippen LogP contribution is -2.41. The zero-order valence-electron chi connectivity index (χ0n) is 14.3. The Hall–Kier alpha value is -2.08. The first kappa shape index (κ1) is 19.2. The van der Waals surface area contributed by atoms with Gasteiger partial charge in [-0.25, -0.2) is 4.79 Å². The molecule has 0 saturated carbocycles. The second-order valence-corrected chi connectivity index (χ2v) is 5.89. The molecule has 0 heterocycles. The lowest BCUT2D eigenvalue weighted by atomic mass is 10.2. The molecule has 0 bridgehead atoms. The summed E-state index contributed by atoms with van der Waals surface area (Å²) in [5.74, 6) is 0. The van der Waals surface area contributed by atoms with Crippen LogP contribution in [0.25, 0.3) is 0 Å². The van der Waals surface area contributed by atoms with E-state index < -0.39 is 18.6 Å². The standard InChI is InChI=1S/C19H22ClNO4/c1-3-17(21(19(22)23)13-14-9-5-4-6-10-14)25-18(24-2)15-11-7-8-12-16(15)20/h4-12,17-18H,3,13H2,1-2H3,(H,22,23)/t17-,18-/m1/s1. The van der Waals surface area contributed by atoms with Crippen molar-refractivity contribution in [3.05, 3.63) is 70.7 Å². The predicted molar refractivity (Wildman–Crippen MR) is 96.4 cm³/mol. The molecule has 0 aliphatic heterocycles. The lowest BCUT2D eigenvalue weighted by Gasteiger charge is -2.31. The Morgan fingerprint density at radius 3 is 2.36 bits per heavy atom. The molecule has 0 aromatic heterocycles. The summed E-state index contributed by atoms with van der Waals surface area (Å²) < 4.78 is 11.4. The number of ether oxygens (including phenoxy) is 2. The topological polar surface area (TPSA) is 59.0 Å². The molecule has 0 aliphatic rings. The van der Waals surface area contributed by atoms with E-state index in [-0.39, 0.29) is 6.54 Å². The van der Waals surface area contributed by atoms with Gasteiger partial charge in [0, 0.05) is 17.7 Å². The van der Waals surface area contributed by atoms with Gasteiger partial charge in [-0.2, -0.15) is 0 Å². The SMILES string of the molecule is CC[C@@H](O[C@@H](OC)c1ccccc1Cl)N(Cc1ccccc1)C(=O)O. The molecule has 6 heteroatoms. The van der Waals surface area contributed by atoms with Crippen LogP contribution in [0.3, 0.4) is 0 Å². The van der Waals surface area contributed by atoms with E-state index in [2.05, 4.69) is 0 Å². The summed E-state index contributed by atoms with van der Waals surface area (Å²) in [5.41, 5.74) is 1.55. The van der Waals surface area contributed by atoms with Crippen LogP contribution in [0.15, 0.2) is 54.6 Å². The maximum absolute atomic E-state index is 11.8. The van der Waals surface area contributed by atoms with Gasteiger partial charge in [-0.3, -0.25) is 4.90 Å². The Morgan fingerprint density at radius 1 is 1.16 bits per heavy atom. The number of rotatable bonds is 8. The number of halogens is 1. The average molecular weight is 364 g/mol. The molecule has 2 rings (SSSR count). The van der Waals surface area contributed by atoms with Crippen LogP contribution in [0.4, 0.5) is 4.79 Å². The molecular formula is C19H22ClNO4. The third-order valence-corrected chi connectivity index (χ3v) is 4.14. The van der Waals surface area contributed by atoms with E-state index in [4.69, 9.17) is 21.1 Å². The molecule has 0 radical (unpaired) electrons. The lowest BCUT2D eigenvalue weighted by molar-refractivity contribution is -0.195. The van der Waals surface area contributed by atoms with E-state index in [1.807, 2.05) is 49.4 Å². The third kappa shape index (κ3) is 5.19. The van der Waals surface area contributed by atoms with Crippen molar-refractivity contribution >= 4 is 17.7 Å². The minimum Gasteiger partial charge on any atom is -0.465 e. The average Bonchev–Trinajstić information content (AvgIpc) is 2.63. The third-order valence-electron chi connectivity index (χ3n) is 3.79. The number of methoxy groups -OCH3 is 1. The summed E-state index contributed by atoms with van der Waals surface area (Å²) in [6, 6.07) is 16.6. The van der Waals surface area contributed by atoms with Crippen molar-refractivity contribution in [3.63, 3.8) is 0 Å². The van der Waals surface area contributed by atoms with Gasteiger partial charge >= 0.3 is 6.09 Å². The molecule has 134 valence electrons. The Kier molecular flexibility index (Phi) is 7.25. The number of hydrogen-bond acceptors (Lipinski definition) is 3. The molecule has 1 amide bonds. The fourth-order valence-corrected chi connectivity index (χ4v) is 2.75. The van der Waals surface area contributed by atoms with Gasteiger partial charge in [0.15, 0.2) is 6.29 Å². The molecule has 2 aromatic carbocycles. The van der Waals surface area contributed by atoms with Crippen molar-refractivity contribution in [1.29, 1.82) is 0 Å². The van der Waals surface area contributed by atoms with Crippen LogP contribution in [0.1, 0.15) is 30.8 Å². The molecule has 0 fully saturated rings. The van der Waals surface area contributed by atoms with Gasteiger partial charge in [-0.15, -0.1) is 0 Å². The van der Waals surface area contributed by atoms with Crippen molar-refractivity contribution in [2.45, 2.75) is 32.4 Å². The Balaban J connectivity index is 2.19. The van der Waals surface area contributed by atoms with Crippen LogP contribution in [0, 0.1) is 0 Å². The summed E-state index contributed by atoms with van der Waals surface area (Å²) in [5, 5.41) is 10.1. The Bertz CT molecular complexity index is 680. The van der Waals surface area contributed by atoms with Crippen LogP contribution in [0.2, 0.25) is 5.02 Å². The number of amides is 1. The van der Waals surface area contributed by atoms with Gasteiger partial charge in [0.05, 0.1) is 6.54 Å². The number of nitrogens with zero attached hydrogens (tertiary/aromatic N) is 1. The zero-order chi connectivity index (χ0) is 18.2. The Labute approximate surface area is 152 Å². The van der Waals surface area contributed by atoms with Gasteiger partial charge in [0.1, 0.15) is 6.23 Å². The van der Waals surface area contributed by atoms with Crippen LogP contribution in [0.5, 0.6) is 0 Å². The minimum absolute atomic E-state index is 0.230. The summed E-state index contributed by atoms with van der Waals surface area (Å²) in [7, 11) is 1.50. The van der Waals surface area contributed by atoms with Crippen LogP contribution in [-0.2, 0) is 16.0 Å². The van der Waals surface area contributed by atoms with Crippen LogP contribution in [-0.4, -0.2) is 29.4 Å². The highest BCUT2D eigenvalue weighted by Crippen LogP contribution is 2.28. The largest absolute Gasteiger partial charge is 0.465 e. The maximum Gasteiger partial charge on any atom is 0.409 e. The van der Waals surface area contributed by atoms with Gasteiger partial charge < -0.3 is 14.6 Å². The molecule has 5 nitrogen and oxygen atoms in total. The molecule has 1 N–H and O–H groups in total. The molecule has 2 atom stereocenters. The molecule has 0 saturated heterocycles. The second kappa shape index (κ2) is 9.42. The fraction of sp³-hybridized carbons (Fsp3) is 0.316. The van der Waals surface area contributed by atoms with Gasteiger partial charge in [-0.05, 0) is 18.1 Å². The quantitative estimate of drug-likeness (QED) is 0.676. The van der Waals surface area contributed by atoms with Gasteiger partial charge in [0.25, 0.3) is 0 Å². The van der Waals surface area contributed by atoms with Crippen molar-refractivity contribution < 1.29 is 19.4 Å². The summed E-state index contributed by atoms with van der Waals surface area (Å²) in [6.07, 6.45) is -2.00. The molecule has 0 unspecified atom stereocenters. The van der Waals surface area contributed by atoms with Crippen molar-refractivity contribution in [3.8, 4) is 0 Å². The molecule has 2 aromatic rings. The highest BCUT2D eigenvalue weighted by molar-refractivity contribution is 6.31. The van der Waals surface area contributed by atoms with E-state index in [1.54, 1.807) is 12.1 Å². The van der Waals surface area contributed by atoms with Gasteiger partial charge in [-0.1, -0.05) is 67.1 Å². The molecule has 25 heavy (non-hydrogen) atoms. The number of benzene rings is 2. The first-order chi connectivity index (χ1) is 12.1. The van der Waals surface area contributed by atoms with E-state index >= 15 is 0 Å². The normalized spacial score (nSPS) is 13.2. The second-order valence-electron chi connectivity index (χ2n) is 5.48. The molecule has 0 aliphatic carbocycles. The van der Waals surface area contributed by atoms with Crippen molar-refractivity contribution in [2.75, 3.05) is 7.11 Å². The maximum atomic E-state index is 11.8. The highest BCUT2D eigenvalue weighted by Gasteiger charge is 2.27.